The summed E-state index contributed by atoms with van der Waals surface area (Å²) in [6.45, 7) is 7.02. The zero-order chi connectivity index (χ0) is 15.8. The predicted molar refractivity (Wildman–Crippen MR) is 78.5 cm³/mol. The SMILES string of the molecule is CC(C)OC(=O)C(CCc1cccnc1)C(=O)OC(C)C. The highest BCUT2D eigenvalue weighted by Crippen LogP contribution is 2.15. The molecule has 0 atom stereocenters. The first-order valence-corrected chi connectivity index (χ1v) is 7.20. The molecule has 1 aromatic rings. The lowest BCUT2D eigenvalue weighted by Gasteiger charge is -2.18. The van der Waals surface area contributed by atoms with Gasteiger partial charge in [0.25, 0.3) is 0 Å². The molecule has 0 aliphatic carbocycles. The Hall–Kier alpha value is -1.91. The van der Waals surface area contributed by atoms with E-state index in [0.29, 0.717) is 12.8 Å². The van der Waals surface area contributed by atoms with Crippen LogP contribution in [0.4, 0.5) is 0 Å². The molecule has 1 heterocycles. The molecule has 21 heavy (non-hydrogen) atoms. The maximum Gasteiger partial charge on any atom is 0.320 e. The molecule has 0 N–H and O–H groups in total. The first kappa shape index (κ1) is 17.1. The predicted octanol–water partition coefficient (Wildman–Crippen LogP) is 2.53. The first-order chi connectivity index (χ1) is 9.90. The highest BCUT2D eigenvalue weighted by Gasteiger charge is 2.30. The molecule has 0 spiro atoms. The van der Waals surface area contributed by atoms with E-state index in [2.05, 4.69) is 4.98 Å². The van der Waals surface area contributed by atoms with Gasteiger partial charge in [-0.1, -0.05) is 6.07 Å². The molecular weight excluding hydrogens is 270 g/mol. The number of nitrogens with zero attached hydrogens (tertiary/aromatic N) is 1. The van der Waals surface area contributed by atoms with Gasteiger partial charge in [0, 0.05) is 12.4 Å². The van der Waals surface area contributed by atoms with E-state index in [-0.39, 0.29) is 12.2 Å². The molecule has 0 amide bonds. The van der Waals surface area contributed by atoms with Gasteiger partial charge in [0.1, 0.15) is 0 Å². The van der Waals surface area contributed by atoms with Crippen molar-refractivity contribution in [1.29, 1.82) is 0 Å². The maximum absolute atomic E-state index is 12.1. The van der Waals surface area contributed by atoms with Crippen molar-refractivity contribution in [2.75, 3.05) is 0 Å². The fourth-order valence-corrected chi connectivity index (χ4v) is 1.82. The van der Waals surface area contributed by atoms with Gasteiger partial charge in [0.05, 0.1) is 12.2 Å². The minimum atomic E-state index is -0.894. The largest absolute Gasteiger partial charge is 0.462 e. The van der Waals surface area contributed by atoms with Crippen LogP contribution in [-0.2, 0) is 25.5 Å². The number of pyridine rings is 1. The summed E-state index contributed by atoms with van der Waals surface area (Å²) in [5, 5.41) is 0. The molecule has 0 saturated heterocycles. The van der Waals surface area contributed by atoms with Gasteiger partial charge in [-0.25, -0.2) is 0 Å². The van der Waals surface area contributed by atoms with Crippen LogP contribution in [0.3, 0.4) is 0 Å². The molecular formula is C16H23NO4. The van der Waals surface area contributed by atoms with Crippen molar-refractivity contribution in [2.24, 2.45) is 5.92 Å². The third-order valence-corrected chi connectivity index (χ3v) is 2.72. The van der Waals surface area contributed by atoms with Crippen LogP contribution in [0, 0.1) is 5.92 Å². The Labute approximate surface area is 125 Å². The molecule has 0 bridgehead atoms. The van der Waals surface area contributed by atoms with E-state index < -0.39 is 17.9 Å². The molecule has 0 fully saturated rings. The summed E-state index contributed by atoms with van der Waals surface area (Å²) >= 11 is 0. The number of ether oxygens (including phenoxy) is 2. The molecule has 0 aromatic carbocycles. The topological polar surface area (TPSA) is 65.5 Å². The highest BCUT2D eigenvalue weighted by molar-refractivity contribution is 5.95. The van der Waals surface area contributed by atoms with Crippen LogP contribution in [0.25, 0.3) is 0 Å². The Balaban J connectivity index is 2.71. The number of carbonyl (C=O) groups excluding carboxylic acids is 2. The van der Waals surface area contributed by atoms with Crippen molar-refractivity contribution in [2.45, 2.75) is 52.7 Å². The second-order valence-electron chi connectivity index (χ2n) is 5.42. The van der Waals surface area contributed by atoms with Gasteiger partial charge in [-0.05, 0) is 52.2 Å². The summed E-state index contributed by atoms with van der Waals surface area (Å²) in [6.07, 6.45) is 3.80. The number of aryl methyl sites for hydroxylation is 1. The highest BCUT2D eigenvalue weighted by atomic mass is 16.6. The zero-order valence-electron chi connectivity index (χ0n) is 13.0. The molecule has 0 aliphatic heterocycles. The molecule has 0 radical (unpaired) electrons. The van der Waals surface area contributed by atoms with Gasteiger partial charge >= 0.3 is 11.9 Å². The second kappa shape index (κ2) is 8.39. The summed E-state index contributed by atoms with van der Waals surface area (Å²) in [5.74, 6) is -1.95. The van der Waals surface area contributed by atoms with Crippen molar-refractivity contribution < 1.29 is 19.1 Å². The van der Waals surface area contributed by atoms with E-state index in [0.717, 1.165) is 5.56 Å². The lowest BCUT2D eigenvalue weighted by molar-refractivity contribution is -0.166. The number of hydrogen-bond acceptors (Lipinski definition) is 5. The van der Waals surface area contributed by atoms with Crippen molar-refractivity contribution in [1.82, 2.24) is 4.98 Å². The number of aromatic nitrogens is 1. The van der Waals surface area contributed by atoms with E-state index in [9.17, 15) is 9.59 Å². The van der Waals surface area contributed by atoms with E-state index in [4.69, 9.17) is 9.47 Å². The number of rotatable bonds is 7. The average Bonchev–Trinajstić information content (AvgIpc) is 2.38. The van der Waals surface area contributed by atoms with Crippen LogP contribution in [0.5, 0.6) is 0 Å². The molecule has 0 saturated carbocycles. The Morgan fingerprint density at radius 1 is 1.10 bits per heavy atom. The van der Waals surface area contributed by atoms with E-state index in [1.54, 1.807) is 40.1 Å². The lowest BCUT2D eigenvalue weighted by Crippen LogP contribution is -2.31. The summed E-state index contributed by atoms with van der Waals surface area (Å²) in [6, 6.07) is 3.73. The first-order valence-electron chi connectivity index (χ1n) is 7.20. The average molecular weight is 293 g/mol. The fraction of sp³-hybridized carbons (Fsp3) is 0.562. The minimum absolute atomic E-state index is 0.259. The smallest absolute Gasteiger partial charge is 0.320 e. The minimum Gasteiger partial charge on any atom is -0.462 e. The molecule has 5 heteroatoms. The quantitative estimate of drug-likeness (QED) is 0.571. The van der Waals surface area contributed by atoms with Crippen molar-refractivity contribution in [3.8, 4) is 0 Å². The molecule has 0 aliphatic rings. The van der Waals surface area contributed by atoms with Gasteiger partial charge in [0.2, 0.25) is 0 Å². The molecule has 1 rings (SSSR count). The van der Waals surface area contributed by atoms with Gasteiger partial charge in [-0.15, -0.1) is 0 Å². The fourth-order valence-electron chi connectivity index (χ4n) is 1.82. The Morgan fingerprint density at radius 2 is 1.67 bits per heavy atom. The van der Waals surface area contributed by atoms with Crippen molar-refractivity contribution in [3.63, 3.8) is 0 Å². The molecule has 116 valence electrons. The molecule has 0 unspecified atom stereocenters. The van der Waals surface area contributed by atoms with Crippen LogP contribution in [0.2, 0.25) is 0 Å². The van der Waals surface area contributed by atoms with Gasteiger partial charge < -0.3 is 9.47 Å². The number of carbonyl (C=O) groups is 2. The van der Waals surface area contributed by atoms with Crippen LogP contribution in [0.15, 0.2) is 24.5 Å². The third kappa shape index (κ3) is 6.38. The van der Waals surface area contributed by atoms with E-state index in [1.165, 1.54) is 0 Å². The standard InChI is InChI=1S/C16H23NO4/c1-11(2)20-15(18)14(16(19)21-12(3)4)8-7-13-6-5-9-17-10-13/h5-6,9-12,14H,7-8H2,1-4H3. The summed E-state index contributed by atoms with van der Waals surface area (Å²) in [7, 11) is 0. The lowest BCUT2D eigenvalue weighted by atomic mass is 10.0. The summed E-state index contributed by atoms with van der Waals surface area (Å²) < 4.78 is 10.3. The van der Waals surface area contributed by atoms with Crippen LogP contribution >= 0.6 is 0 Å². The zero-order valence-corrected chi connectivity index (χ0v) is 13.0. The van der Waals surface area contributed by atoms with Crippen LogP contribution in [0.1, 0.15) is 39.7 Å². The number of esters is 2. The van der Waals surface area contributed by atoms with Crippen molar-refractivity contribution >= 4 is 11.9 Å². The Bertz CT molecular complexity index is 435. The van der Waals surface area contributed by atoms with Crippen molar-refractivity contribution in [3.05, 3.63) is 30.1 Å². The van der Waals surface area contributed by atoms with Gasteiger partial charge in [0.15, 0.2) is 5.92 Å². The monoisotopic (exact) mass is 293 g/mol. The normalized spacial score (nSPS) is 11.0. The third-order valence-electron chi connectivity index (χ3n) is 2.72. The summed E-state index contributed by atoms with van der Waals surface area (Å²) in [5.41, 5.74) is 0.970. The van der Waals surface area contributed by atoms with Crippen LogP contribution < -0.4 is 0 Å². The summed E-state index contributed by atoms with van der Waals surface area (Å²) in [4.78, 5) is 28.1. The number of hydrogen-bond donors (Lipinski definition) is 0. The molecule has 5 nitrogen and oxygen atoms in total. The van der Waals surface area contributed by atoms with E-state index in [1.807, 2.05) is 12.1 Å². The Kier molecular flexibility index (Phi) is 6.85. The second-order valence-corrected chi connectivity index (χ2v) is 5.42. The van der Waals surface area contributed by atoms with E-state index >= 15 is 0 Å². The van der Waals surface area contributed by atoms with Gasteiger partial charge in [-0.3, -0.25) is 14.6 Å². The Morgan fingerprint density at radius 3 is 2.10 bits per heavy atom. The maximum atomic E-state index is 12.1. The molecule has 1 aromatic heterocycles. The van der Waals surface area contributed by atoms with Crippen LogP contribution in [-0.4, -0.2) is 29.1 Å². The van der Waals surface area contributed by atoms with Gasteiger partial charge in [-0.2, -0.15) is 0 Å².